The van der Waals surface area contributed by atoms with Gasteiger partial charge < -0.3 is 10.1 Å². The zero-order valence-corrected chi connectivity index (χ0v) is 10.7. The Balaban J connectivity index is 2.26. The first-order valence-corrected chi connectivity index (χ1v) is 6.05. The summed E-state index contributed by atoms with van der Waals surface area (Å²) in [5.41, 5.74) is 1.92. The topological polar surface area (TPSA) is 47.0 Å². The van der Waals surface area contributed by atoms with Gasteiger partial charge in [-0.05, 0) is 24.6 Å². The van der Waals surface area contributed by atoms with E-state index in [-0.39, 0.29) is 0 Å². The number of ether oxygens (including phenoxy) is 1. The average Bonchev–Trinajstić information content (AvgIpc) is 2.45. The summed E-state index contributed by atoms with van der Waals surface area (Å²) in [6.07, 6.45) is 2.81. The first-order chi connectivity index (χ1) is 8.83. The summed E-state index contributed by atoms with van der Waals surface area (Å²) in [6.45, 7) is 2.99. The predicted octanol–water partition coefficient (Wildman–Crippen LogP) is 2.97. The van der Waals surface area contributed by atoms with Gasteiger partial charge in [0.05, 0.1) is 12.8 Å². The molecular weight excluding hydrogens is 226 g/mol. The molecule has 0 aliphatic heterocycles. The van der Waals surface area contributed by atoms with Crippen LogP contribution < -0.4 is 10.1 Å². The number of benzene rings is 1. The second-order valence-corrected chi connectivity index (χ2v) is 3.92. The van der Waals surface area contributed by atoms with E-state index in [4.69, 9.17) is 4.74 Å². The number of aromatic nitrogens is 2. The van der Waals surface area contributed by atoms with Crippen molar-refractivity contribution < 1.29 is 4.74 Å². The molecule has 4 heteroatoms. The van der Waals surface area contributed by atoms with Crippen LogP contribution in [0.2, 0.25) is 0 Å². The molecule has 2 aromatic rings. The van der Waals surface area contributed by atoms with E-state index in [0.29, 0.717) is 5.95 Å². The molecule has 1 heterocycles. The molecule has 0 atom stereocenters. The quantitative estimate of drug-likeness (QED) is 0.877. The molecule has 1 N–H and O–H groups in total. The molecule has 0 fully saturated rings. The monoisotopic (exact) mass is 243 g/mol. The van der Waals surface area contributed by atoms with E-state index in [0.717, 1.165) is 30.0 Å². The van der Waals surface area contributed by atoms with Gasteiger partial charge in [-0.15, -0.1) is 0 Å². The van der Waals surface area contributed by atoms with Gasteiger partial charge in [0.15, 0.2) is 0 Å². The number of hydrogen-bond donors (Lipinski definition) is 1. The standard InChI is InChI=1S/C14H17N3O/c1-3-8-15-14-16-9-7-13(17-14)11-5-4-6-12(10-11)18-2/h4-7,9-10H,3,8H2,1-2H3,(H,15,16,17). The Morgan fingerprint density at radius 2 is 2.17 bits per heavy atom. The normalized spacial score (nSPS) is 10.1. The Morgan fingerprint density at radius 3 is 2.94 bits per heavy atom. The van der Waals surface area contributed by atoms with Gasteiger partial charge in [0.2, 0.25) is 5.95 Å². The Labute approximate surface area is 107 Å². The van der Waals surface area contributed by atoms with Crippen molar-refractivity contribution in [1.82, 2.24) is 9.97 Å². The van der Waals surface area contributed by atoms with Crippen LogP contribution in [0.4, 0.5) is 5.95 Å². The molecular formula is C14H17N3O. The lowest BCUT2D eigenvalue weighted by Crippen LogP contribution is -2.04. The van der Waals surface area contributed by atoms with E-state index in [1.54, 1.807) is 13.3 Å². The summed E-state index contributed by atoms with van der Waals surface area (Å²) >= 11 is 0. The molecule has 18 heavy (non-hydrogen) atoms. The minimum absolute atomic E-state index is 0.664. The van der Waals surface area contributed by atoms with Crippen molar-refractivity contribution in [3.05, 3.63) is 36.5 Å². The second kappa shape index (κ2) is 6.00. The van der Waals surface area contributed by atoms with E-state index in [9.17, 15) is 0 Å². The fraction of sp³-hybridized carbons (Fsp3) is 0.286. The predicted molar refractivity (Wildman–Crippen MR) is 72.8 cm³/mol. The summed E-state index contributed by atoms with van der Waals surface area (Å²) in [6, 6.07) is 9.74. The van der Waals surface area contributed by atoms with Crippen LogP contribution in [0, 0.1) is 0 Å². The first kappa shape index (κ1) is 12.4. The van der Waals surface area contributed by atoms with Gasteiger partial charge in [-0.1, -0.05) is 19.1 Å². The van der Waals surface area contributed by atoms with Crippen LogP contribution >= 0.6 is 0 Å². The maximum absolute atomic E-state index is 5.21. The Hall–Kier alpha value is -2.10. The zero-order valence-electron chi connectivity index (χ0n) is 10.7. The van der Waals surface area contributed by atoms with Gasteiger partial charge in [-0.2, -0.15) is 0 Å². The van der Waals surface area contributed by atoms with Crippen molar-refractivity contribution >= 4 is 5.95 Å². The van der Waals surface area contributed by atoms with Crippen LogP contribution in [0.1, 0.15) is 13.3 Å². The van der Waals surface area contributed by atoms with E-state index in [2.05, 4.69) is 22.2 Å². The minimum Gasteiger partial charge on any atom is -0.497 e. The van der Waals surface area contributed by atoms with Crippen LogP contribution in [0.25, 0.3) is 11.3 Å². The number of anilines is 1. The third kappa shape index (κ3) is 2.97. The molecule has 1 aromatic carbocycles. The van der Waals surface area contributed by atoms with Gasteiger partial charge in [0.25, 0.3) is 0 Å². The van der Waals surface area contributed by atoms with Crippen molar-refractivity contribution in [3.8, 4) is 17.0 Å². The molecule has 4 nitrogen and oxygen atoms in total. The van der Waals surface area contributed by atoms with Crippen LogP contribution in [0.5, 0.6) is 5.75 Å². The van der Waals surface area contributed by atoms with E-state index < -0.39 is 0 Å². The molecule has 1 aromatic heterocycles. The molecule has 2 rings (SSSR count). The molecule has 0 radical (unpaired) electrons. The summed E-state index contributed by atoms with van der Waals surface area (Å²) in [5, 5.41) is 3.18. The van der Waals surface area contributed by atoms with Crippen molar-refractivity contribution in [2.45, 2.75) is 13.3 Å². The fourth-order valence-electron chi connectivity index (χ4n) is 1.62. The lowest BCUT2D eigenvalue weighted by molar-refractivity contribution is 0.415. The van der Waals surface area contributed by atoms with Crippen LogP contribution in [0.3, 0.4) is 0 Å². The average molecular weight is 243 g/mol. The number of rotatable bonds is 5. The van der Waals surface area contributed by atoms with E-state index in [1.165, 1.54) is 0 Å². The maximum atomic E-state index is 5.21. The van der Waals surface area contributed by atoms with Gasteiger partial charge in [-0.25, -0.2) is 9.97 Å². The van der Waals surface area contributed by atoms with Gasteiger partial charge >= 0.3 is 0 Å². The summed E-state index contributed by atoms with van der Waals surface area (Å²) in [5.74, 6) is 1.49. The fourth-order valence-corrected chi connectivity index (χ4v) is 1.62. The van der Waals surface area contributed by atoms with Crippen molar-refractivity contribution in [2.75, 3.05) is 19.0 Å². The van der Waals surface area contributed by atoms with E-state index in [1.807, 2.05) is 30.3 Å². The molecule has 0 aliphatic carbocycles. The third-order valence-electron chi connectivity index (χ3n) is 2.55. The summed E-state index contributed by atoms with van der Waals surface area (Å²) in [4.78, 5) is 8.67. The molecule has 0 saturated heterocycles. The molecule has 0 unspecified atom stereocenters. The molecule has 94 valence electrons. The summed E-state index contributed by atoms with van der Waals surface area (Å²) in [7, 11) is 1.66. The lowest BCUT2D eigenvalue weighted by Gasteiger charge is -2.06. The lowest BCUT2D eigenvalue weighted by atomic mass is 10.1. The van der Waals surface area contributed by atoms with Gasteiger partial charge in [-0.3, -0.25) is 0 Å². The highest BCUT2D eigenvalue weighted by atomic mass is 16.5. The number of nitrogens with one attached hydrogen (secondary N) is 1. The Bertz CT molecular complexity index is 514. The minimum atomic E-state index is 0.664. The van der Waals surface area contributed by atoms with Crippen LogP contribution in [-0.2, 0) is 0 Å². The number of hydrogen-bond acceptors (Lipinski definition) is 4. The molecule has 0 spiro atoms. The van der Waals surface area contributed by atoms with Crippen molar-refractivity contribution in [3.63, 3.8) is 0 Å². The smallest absolute Gasteiger partial charge is 0.223 e. The SMILES string of the molecule is CCCNc1nccc(-c2cccc(OC)c2)n1. The van der Waals surface area contributed by atoms with Gasteiger partial charge in [0, 0.05) is 18.3 Å². The van der Waals surface area contributed by atoms with Crippen LogP contribution in [0.15, 0.2) is 36.5 Å². The molecule has 0 aliphatic rings. The van der Waals surface area contributed by atoms with Crippen molar-refractivity contribution in [2.24, 2.45) is 0 Å². The summed E-state index contributed by atoms with van der Waals surface area (Å²) < 4.78 is 5.21. The highest BCUT2D eigenvalue weighted by Crippen LogP contribution is 2.22. The highest BCUT2D eigenvalue weighted by Gasteiger charge is 2.03. The second-order valence-electron chi connectivity index (χ2n) is 3.92. The third-order valence-corrected chi connectivity index (χ3v) is 2.55. The maximum Gasteiger partial charge on any atom is 0.223 e. The number of nitrogens with zero attached hydrogens (tertiary/aromatic N) is 2. The van der Waals surface area contributed by atoms with E-state index >= 15 is 0 Å². The molecule has 0 saturated carbocycles. The first-order valence-electron chi connectivity index (χ1n) is 6.05. The largest absolute Gasteiger partial charge is 0.497 e. The van der Waals surface area contributed by atoms with Crippen molar-refractivity contribution in [1.29, 1.82) is 0 Å². The molecule has 0 bridgehead atoms. The number of methoxy groups -OCH3 is 1. The van der Waals surface area contributed by atoms with Gasteiger partial charge in [0.1, 0.15) is 5.75 Å². The zero-order chi connectivity index (χ0) is 12.8. The Kier molecular flexibility index (Phi) is 4.12. The Morgan fingerprint density at radius 1 is 1.28 bits per heavy atom. The highest BCUT2D eigenvalue weighted by molar-refractivity contribution is 5.61. The molecule has 0 amide bonds. The van der Waals surface area contributed by atoms with Crippen LogP contribution in [-0.4, -0.2) is 23.6 Å².